The minimum Gasteiger partial charge on any atom is -2.00 e. The predicted molar refractivity (Wildman–Crippen MR) is 2.06 cm³/mol. The summed E-state index contributed by atoms with van der Waals surface area (Å²) < 4.78 is 0. The second-order valence-corrected chi connectivity index (χ2v) is 0. The van der Waals surface area contributed by atoms with E-state index in [0.29, 0.717) is 0 Å². The molecule has 0 aromatic heterocycles. The molecule has 0 aromatic rings. The smallest absolute Gasteiger partial charge is 2.00 e. The Morgan fingerprint density at radius 2 is 0.429 bits per heavy atom. The first-order chi connectivity index (χ1) is 0. The Kier molecular flexibility index (Phi) is 577. The zero-order valence-electron chi connectivity index (χ0n) is 3.20. The number of hydrogen-bond donors (Lipinski definition) is 0. The van der Waals surface area contributed by atoms with E-state index in [4.69, 9.17) is 0 Å². The summed E-state index contributed by atoms with van der Waals surface area (Å²) in [6.07, 6.45) is 0. The van der Waals surface area contributed by atoms with Crippen LogP contribution in [0.3, 0.4) is 0 Å². The molecule has 0 aromatic carbocycles. The SMILES string of the molecule is [La+3].[La+3].[Mo].[Mo].[O-2].[O-2].[O-2]. The van der Waals surface area contributed by atoms with Gasteiger partial charge in [0, 0.05) is 42.1 Å². The van der Waals surface area contributed by atoms with Gasteiger partial charge >= 0.3 is 71.2 Å². The van der Waals surface area contributed by atoms with Crippen LogP contribution in [-0.4, -0.2) is 0 Å². The van der Waals surface area contributed by atoms with Crippen molar-refractivity contribution in [1.82, 2.24) is 0 Å². The Morgan fingerprint density at radius 1 is 0.429 bits per heavy atom. The maximum absolute atomic E-state index is 0. The van der Waals surface area contributed by atoms with Gasteiger partial charge in [-0.1, -0.05) is 0 Å². The summed E-state index contributed by atoms with van der Waals surface area (Å²) in [4.78, 5) is 0. The van der Waals surface area contributed by atoms with Gasteiger partial charge in [0.15, 0.2) is 0 Å². The second kappa shape index (κ2) is 54.2. The Morgan fingerprint density at radius 3 is 0.429 bits per heavy atom. The molecule has 0 aliphatic carbocycles. The van der Waals surface area contributed by atoms with E-state index in [-0.39, 0.29) is 130 Å². The summed E-state index contributed by atoms with van der Waals surface area (Å²) in [7, 11) is 0. The molecule has 3 nitrogen and oxygen atoms in total. The minimum atomic E-state index is 0. The first-order valence-electron chi connectivity index (χ1n) is 0. The van der Waals surface area contributed by atoms with Crippen LogP contribution in [0, 0.1) is 71.2 Å². The third-order valence-electron chi connectivity index (χ3n) is 0. The van der Waals surface area contributed by atoms with Crippen LogP contribution < -0.4 is 0 Å². The fourth-order valence-corrected chi connectivity index (χ4v) is 0. The van der Waals surface area contributed by atoms with Gasteiger partial charge in [-0.15, -0.1) is 0 Å². The van der Waals surface area contributed by atoms with E-state index in [2.05, 4.69) is 0 Å². The molecule has 0 unspecified atom stereocenters. The van der Waals surface area contributed by atoms with Gasteiger partial charge in [0.25, 0.3) is 0 Å². The van der Waals surface area contributed by atoms with Crippen LogP contribution >= 0.6 is 0 Å². The monoisotopic (exact) mass is 522 g/mol. The van der Waals surface area contributed by atoms with E-state index in [9.17, 15) is 0 Å². The maximum Gasteiger partial charge on any atom is 3.00 e. The van der Waals surface area contributed by atoms with Crippen molar-refractivity contribution in [3.63, 3.8) is 0 Å². The molecular formula is La2Mo2O3. The van der Waals surface area contributed by atoms with Crippen molar-refractivity contribution in [2.45, 2.75) is 0 Å². The van der Waals surface area contributed by atoms with E-state index in [1.807, 2.05) is 0 Å². The van der Waals surface area contributed by atoms with Crippen LogP contribution in [0.15, 0.2) is 0 Å². The second-order valence-electron chi connectivity index (χ2n) is 0. The number of rotatable bonds is 0. The van der Waals surface area contributed by atoms with E-state index < -0.39 is 0 Å². The number of hydrogen-bond acceptors (Lipinski definition) is 0. The van der Waals surface area contributed by atoms with Crippen molar-refractivity contribution in [1.29, 1.82) is 0 Å². The molecule has 7 heavy (non-hydrogen) atoms. The van der Waals surface area contributed by atoms with Crippen LogP contribution in [0.25, 0.3) is 0 Å². The first-order valence-corrected chi connectivity index (χ1v) is 0. The standard InChI is InChI=1S/2La.2Mo.3O/q2*+3;;;3*-2. The Balaban J connectivity index is 0. The van der Waals surface area contributed by atoms with Crippen molar-refractivity contribution in [3.8, 4) is 0 Å². The van der Waals surface area contributed by atoms with E-state index in [1.54, 1.807) is 0 Å². The molecule has 0 amide bonds. The van der Waals surface area contributed by atoms with Crippen LogP contribution in [0.4, 0.5) is 0 Å². The third kappa shape index (κ3) is 42.4. The quantitative estimate of drug-likeness (QED) is 0.393. The van der Waals surface area contributed by atoms with Crippen molar-refractivity contribution in [2.75, 3.05) is 0 Å². The van der Waals surface area contributed by atoms with Crippen molar-refractivity contribution >= 4 is 0 Å². The Hall–Kier alpha value is 3.65. The largest absolute Gasteiger partial charge is 3.00 e. The summed E-state index contributed by atoms with van der Waals surface area (Å²) in [5.74, 6) is 0. The van der Waals surface area contributed by atoms with Gasteiger partial charge in [-0.2, -0.15) is 0 Å². The fourth-order valence-electron chi connectivity index (χ4n) is 0. The summed E-state index contributed by atoms with van der Waals surface area (Å²) >= 11 is 0. The van der Waals surface area contributed by atoms with Crippen LogP contribution in [0.1, 0.15) is 0 Å². The fraction of sp³-hybridized carbons (Fsp3) is 0. The molecule has 0 aliphatic heterocycles. The van der Waals surface area contributed by atoms with E-state index >= 15 is 0 Å². The Bertz CT molecular complexity index is 10.9. The molecule has 36 valence electrons. The molecular weight excluding hydrogens is 518 g/mol. The van der Waals surface area contributed by atoms with Gasteiger partial charge in [0.2, 0.25) is 0 Å². The van der Waals surface area contributed by atoms with Crippen molar-refractivity contribution < 1.29 is 130 Å². The van der Waals surface area contributed by atoms with E-state index in [0.717, 1.165) is 0 Å². The molecule has 0 fully saturated rings. The molecule has 0 rings (SSSR count). The average molecular weight is 518 g/mol. The van der Waals surface area contributed by atoms with Crippen molar-refractivity contribution in [2.24, 2.45) is 0 Å². The van der Waals surface area contributed by atoms with Crippen LogP contribution in [-0.2, 0) is 58.6 Å². The molecule has 0 aliphatic rings. The topological polar surface area (TPSA) is 85.5 Å². The summed E-state index contributed by atoms with van der Waals surface area (Å²) in [5.41, 5.74) is 0. The van der Waals surface area contributed by atoms with Crippen LogP contribution in [0.5, 0.6) is 0 Å². The molecule has 0 saturated carbocycles. The summed E-state index contributed by atoms with van der Waals surface area (Å²) in [6, 6.07) is 0. The van der Waals surface area contributed by atoms with Crippen LogP contribution in [0.2, 0.25) is 0 Å². The molecule has 0 spiro atoms. The predicted octanol–water partition coefficient (Wildman–Crippen LogP) is -0.361. The Labute approximate surface area is 127 Å². The van der Waals surface area contributed by atoms with Gasteiger partial charge in [0.05, 0.1) is 0 Å². The molecule has 0 bridgehead atoms. The molecule has 0 atom stereocenters. The summed E-state index contributed by atoms with van der Waals surface area (Å²) in [5, 5.41) is 0. The van der Waals surface area contributed by atoms with Gasteiger partial charge < -0.3 is 16.4 Å². The van der Waals surface area contributed by atoms with Gasteiger partial charge in [-0.3, -0.25) is 0 Å². The van der Waals surface area contributed by atoms with Gasteiger partial charge in [0.1, 0.15) is 0 Å². The minimum absolute atomic E-state index is 0. The van der Waals surface area contributed by atoms with E-state index in [1.165, 1.54) is 0 Å². The molecule has 0 saturated heterocycles. The third-order valence-corrected chi connectivity index (χ3v) is 0. The normalized spacial score (nSPS) is 0. The molecule has 7 heteroatoms. The van der Waals surface area contributed by atoms with Gasteiger partial charge in [-0.05, 0) is 0 Å². The average Bonchev–Trinajstić information content (AvgIpc) is 0. The first kappa shape index (κ1) is 74.5. The zero-order chi connectivity index (χ0) is 0. The molecule has 0 N–H and O–H groups in total. The summed E-state index contributed by atoms with van der Waals surface area (Å²) in [6.45, 7) is 0. The molecule has 0 radical (unpaired) electrons. The van der Waals surface area contributed by atoms with Crippen molar-refractivity contribution in [3.05, 3.63) is 0 Å². The molecule has 0 heterocycles. The zero-order valence-corrected chi connectivity index (χ0v) is 14.5. The van der Waals surface area contributed by atoms with Gasteiger partial charge in [-0.25, -0.2) is 0 Å². The maximum atomic E-state index is 0.